The first-order chi connectivity index (χ1) is 4.57. The molecule has 1 nitrogen and oxygen atoms in total. The molecule has 0 aromatic rings. The van der Waals surface area contributed by atoms with Gasteiger partial charge in [-0.3, -0.25) is 0 Å². The number of nitrogens with zero attached hydrogens (tertiary/aromatic N) is 1. The van der Waals surface area contributed by atoms with Crippen LogP contribution in [0.15, 0.2) is 11.8 Å². The van der Waals surface area contributed by atoms with Crippen molar-refractivity contribution in [2.45, 2.75) is 27.2 Å². The lowest BCUT2D eigenvalue weighted by atomic mass is 10.1. The van der Waals surface area contributed by atoms with Crippen LogP contribution in [0.25, 0.3) is 0 Å². The molecule has 0 aliphatic carbocycles. The van der Waals surface area contributed by atoms with E-state index in [1.165, 1.54) is 12.1 Å². The van der Waals surface area contributed by atoms with Gasteiger partial charge in [-0.1, -0.05) is 19.9 Å². The standard InChI is InChI=1S/C9H19N/c1-6-9(10(4)5)7-8(2)3/h6,8H,7H2,1-5H3/b9-6+. The number of allylic oxidation sites excluding steroid dienone is 2. The van der Waals surface area contributed by atoms with Gasteiger partial charge in [0.05, 0.1) is 0 Å². The maximum absolute atomic E-state index is 2.24. The molecule has 10 heavy (non-hydrogen) atoms. The van der Waals surface area contributed by atoms with Crippen LogP contribution in [0.5, 0.6) is 0 Å². The van der Waals surface area contributed by atoms with E-state index in [0.29, 0.717) is 0 Å². The Hall–Kier alpha value is -0.460. The second-order valence-electron chi connectivity index (χ2n) is 3.27. The van der Waals surface area contributed by atoms with E-state index in [9.17, 15) is 0 Å². The smallest absolute Gasteiger partial charge is 0.00867 e. The zero-order valence-electron chi connectivity index (χ0n) is 7.81. The summed E-state index contributed by atoms with van der Waals surface area (Å²) in [5.74, 6) is 0.758. The predicted molar refractivity (Wildman–Crippen MR) is 46.9 cm³/mol. The first-order valence-corrected chi connectivity index (χ1v) is 3.90. The van der Waals surface area contributed by atoms with Crippen molar-refractivity contribution in [3.8, 4) is 0 Å². The van der Waals surface area contributed by atoms with Gasteiger partial charge in [0.2, 0.25) is 0 Å². The van der Waals surface area contributed by atoms with Crippen molar-refractivity contribution in [2.75, 3.05) is 14.1 Å². The normalized spacial score (nSPS) is 12.4. The number of hydrogen-bond acceptors (Lipinski definition) is 1. The summed E-state index contributed by atoms with van der Waals surface area (Å²) in [4.78, 5) is 2.18. The minimum absolute atomic E-state index is 0.758. The van der Waals surface area contributed by atoms with E-state index in [1.54, 1.807) is 0 Å². The molecule has 0 rings (SSSR count). The molecule has 0 aliphatic rings. The second-order valence-corrected chi connectivity index (χ2v) is 3.27. The van der Waals surface area contributed by atoms with Crippen LogP contribution in [-0.2, 0) is 0 Å². The Morgan fingerprint density at radius 2 is 1.90 bits per heavy atom. The largest absolute Gasteiger partial charge is 0.381 e. The second kappa shape index (κ2) is 4.37. The Kier molecular flexibility index (Phi) is 4.17. The van der Waals surface area contributed by atoms with E-state index < -0.39 is 0 Å². The summed E-state index contributed by atoms with van der Waals surface area (Å²) in [7, 11) is 4.19. The minimum atomic E-state index is 0.758. The van der Waals surface area contributed by atoms with E-state index in [4.69, 9.17) is 0 Å². The highest BCUT2D eigenvalue weighted by molar-refractivity contribution is 4.97. The summed E-state index contributed by atoms with van der Waals surface area (Å²) >= 11 is 0. The fourth-order valence-corrected chi connectivity index (χ4v) is 0.977. The summed E-state index contributed by atoms with van der Waals surface area (Å²) in [6, 6.07) is 0. The van der Waals surface area contributed by atoms with Crippen LogP contribution in [0.4, 0.5) is 0 Å². The molecule has 0 aromatic carbocycles. The van der Waals surface area contributed by atoms with Gasteiger partial charge in [-0.25, -0.2) is 0 Å². The van der Waals surface area contributed by atoms with E-state index in [1.807, 2.05) is 0 Å². The fraction of sp³-hybridized carbons (Fsp3) is 0.778. The van der Waals surface area contributed by atoms with Crippen LogP contribution in [0, 0.1) is 5.92 Å². The average Bonchev–Trinajstić information content (AvgIpc) is 1.81. The van der Waals surface area contributed by atoms with Gasteiger partial charge in [-0.2, -0.15) is 0 Å². The van der Waals surface area contributed by atoms with Crippen molar-refractivity contribution < 1.29 is 0 Å². The zero-order valence-corrected chi connectivity index (χ0v) is 7.81. The molecule has 0 saturated heterocycles. The van der Waals surface area contributed by atoms with Crippen molar-refractivity contribution in [1.29, 1.82) is 0 Å². The van der Waals surface area contributed by atoms with Crippen LogP contribution < -0.4 is 0 Å². The molecule has 0 amide bonds. The highest BCUT2D eigenvalue weighted by Crippen LogP contribution is 2.11. The van der Waals surface area contributed by atoms with E-state index in [2.05, 4.69) is 45.8 Å². The fourth-order valence-electron chi connectivity index (χ4n) is 0.977. The molecular formula is C9H19N. The van der Waals surface area contributed by atoms with Crippen LogP contribution >= 0.6 is 0 Å². The molecule has 0 N–H and O–H groups in total. The first kappa shape index (κ1) is 9.54. The van der Waals surface area contributed by atoms with Gasteiger partial charge >= 0.3 is 0 Å². The summed E-state index contributed by atoms with van der Waals surface area (Å²) in [6.45, 7) is 6.58. The van der Waals surface area contributed by atoms with E-state index >= 15 is 0 Å². The zero-order chi connectivity index (χ0) is 8.15. The maximum Gasteiger partial charge on any atom is 0.00867 e. The lowest BCUT2D eigenvalue weighted by Gasteiger charge is -2.18. The van der Waals surface area contributed by atoms with E-state index in [-0.39, 0.29) is 0 Å². The Morgan fingerprint density at radius 1 is 1.40 bits per heavy atom. The molecule has 0 radical (unpaired) electrons. The molecule has 0 fully saturated rings. The first-order valence-electron chi connectivity index (χ1n) is 3.90. The monoisotopic (exact) mass is 141 g/mol. The van der Waals surface area contributed by atoms with Gasteiger partial charge in [0, 0.05) is 19.8 Å². The average molecular weight is 141 g/mol. The lowest BCUT2D eigenvalue weighted by Crippen LogP contribution is -2.12. The molecule has 0 spiro atoms. The lowest BCUT2D eigenvalue weighted by molar-refractivity contribution is 0.452. The summed E-state index contributed by atoms with van der Waals surface area (Å²) in [5, 5.41) is 0. The minimum Gasteiger partial charge on any atom is -0.381 e. The van der Waals surface area contributed by atoms with E-state index in [0.717, 1.165) is 5.92 Å². The Bertz CT molecular complexity index is 112. The van der Waals surface area contributed by atoms with Crippen LogP contribution in [0.3, 0.4) is 0 Å². The molecule has 0 saturated carbocycles. The third-order valence-electron chi connectivity index (χ3n) is 1.53. The van der Waals surface area contributed by atoms with Crippen LogP contribution in [0.2, 0.25) is 0 Å². The SMILES string of the molecule is C/C=C(\CC(C)C)N(C)C. The van der Waals surface area contributed by atoms with Crippen molar-refractivity contribution in [2.24, 2.45) is 5.92 Å². The van der Waals surface area contributed by atoms with Crippen molar-refractivity contribution in [3.05, 3.63) is 11.8 Å². The molecule has 1 heteroatoms. The van der Waals surface area contributed by atoms with Crippen LogP contribution in [-0.4, -0.2) is 19.0 Å². The van der Waals surface area contributed by atoms with Gasteiger partial charge in [-0.05, 0) is 19.3 Å². The third-order valence-corrected chi connectivity index (χ3v) is 1.53. The molecule has 0 aromatic heterocycles. The summed E-state index contributed by atoms with van der Waals surface area (Å²) in [5.41, 5.74) is 1.43. The summed E-state index contributed by atoms with van der Waals surface area (Å²) in [6.07, 6.45) is 3.36. The number of hydrogen-bond donors (Lipinski definition) is 0. The highest BCUT2D eigenvalue weighted by atomic mass is 15.1. The maximum atomic E-state index is 2.24. The van der Waals surface area contributed by atoms with Gasteiger partial charge in [0.1, 0.15) is 0 Å². The van der Waals surface area contributed by atoms with Gasteiger partial charge in [-0.15, -0.1) is 0 Å². The topological polar surface area (TPSA) is 3.24 Å². The molecule has 0 unspecified atom stereocenters. The number of rotatable bonds is 3. The van der Waals surface area contributed by atoms with Crippen LogP contribution in [0.1, 0.15) is 27.2 Å². The predicted octanol–water partition coefficient (Wildman–Crippen LogP) is 2.50. The molecule has 0 atom stereocenters. The third kappa shape index (κ3) is 3.54. The quantitative estimate of drug-likeness (QED) is 0.583. The Labute approximate surface area is 64.7 Å². The molecule has 0 heterocycles. The van der Waals surface area contributed by atoms with Crippen molar-refractivity contribution in [3.63, 3.8) is 0 Å². The molecule has 0 aliphatic heterocycles. The highest BCUT2D eigenvalue weighted by Gasteiger charge is 2.00. The van der Waals surface area contributed by atoms with Crippen molar-refractivity contribution in [1.82, 2.24) is 4.90 Å². The molecule has 60 valence electrons. The van der Waals surface area contributed by atoms with Gasteiger partial charge in [0.25, 0.3) is 0 Å². The molecule has 0 bridgehead atoms. The summed E-state index contributed by atoms with van der Waals surface area (Å²) < 4.78 is 0. The Morgan fingerprint density at radius 3 is 2.00 bits per heavy atom. The molecular weight excluding hydrogens is 122 g/mol. The van der Waals surface area contributed by atoms with Gasteiger partial charge < -0.3 is 4.90 Å². The van der Waals surface area contributed by atoms with Gasteiger partial charge in [0.15, 0.2) is 0 Å². The Balaban J connectivity index is 3.86. The van der Waals surface area contributed by atoms with Crippen molar-refractivity contribution >= 4 is 0 Å².